The highest BCUT2D eigenvalue weighted by Crippen LogP contribution is 2.29. The molecule has 1 N–H and O–H groups in total. The Morgan fingerprint density at radius 2 is 2.06 bits per heavy atom. The Morgan fingerprint density at radius 3 is 2.56 bits per heavy atom. The van der Waals surface area contributed by atoms with E-state index in [0.29, 0.717) is 12.5 Å². The number of amides is 1. The van der Waals surface area contributed by atoms with E-state index in [1.165, 1.54) is 12.1 Å². The first kappa shape index (κ1) is 10.7. The van der Waals surface area contributed by atoms with Crippen molar-refractivity contribution in [2.45, 2.75) is 12.8 Å². The van der Waals surface area contributed by atoms with Crippen LogP contribution in [-0.2, 0) is 0 Å². The smallest absolute Gasteiger partial charge is 0.371 e. The summed E-state index contributed by atoms with van der Waals surface area (Å²) in [6, 6.07) is 2.69. The molecule has 1 aliphatic rings. The van der Waals surface area contributed by atoms with Crippen LogP contribution in [0.2, 0.25) is 0 Å². The molecule has 1 aliphatic carbocycles. The first-order chi connectivity index (χ1) is 7.58. The van der Waals surface area contributed by atoms with E-state index in [2.05, 4.69) is 0 Å². The van der Waals surface area contributed by atoms with Gasteiger partial charge in [-0.05, 0) is 30.9 Å². The van der Waals surface area contributed by atoms with Gasteiger partial charge in [-0.3, -0.25) is 4.79 Å². The van der Waals surface area contributed by atoms with Gasteiger partial charge < -0.3 is 14.4 Å². The molecule has 0 spiro atoms. The third-order valence-electron chi connectivity index (χ3n) is 2.60. The largest absolute Gasteiger partial charge is 0.475 e. The molecule has 0 saturated heterocycles. The summed E-state index contributed by atoms with van der Waals surface area (Å²) in [6.07, 6.45) is 2.33. The Kier molecular flexibility index (Phi) is 2.68. The van der Waals surface area contributed by atoms with E-state index in [1.54, 1.807) is 11.9 Å². The molecule has 5 heteroatoms. The summed E-state index contributed by atoms with van der Waals surface area (Å²) in [7, 11) is 1.70. The van der Waals surface area contributed by atoms with Crippen molar-refractivity contribution in [3.05, 3.63) is 23.7 Å². The Morgan fingerprint density at radius 1 is 1.44 bits per heavy atom. The number of furan rings is 1. The zero-order valence-corrected chi connectivity index (χ0v) is 8.97. The average Bonchev–Trinajstić information content (AvgIpc) is 2.91. The average molecular weight is 223 g/mol. The quantitative estimate of drug-likeness (QED) is 0.838. The lowest BCUT2D eigenvalue weighted by molar-refractivity contribution is 0.0653. The molecule has 0 radical (unpaired) electrons. The molecule has 0 aliphatic heterocycles. The van der Waals surface area contributed by atoms with Gasteiger partial charge >= 0.3 is 5.97 Å². The summed E-state index contributed by atoms with van der Waals surface area (Å²) < 4.78 is 4.94. The van der Waals surface area contributed by atoms with Crippen molar-refractivity contribution < 1.29 is 19.1 Å². The fourth-order valence-corrected chi connectivity index (χ4v) is 1.53. The molecule has 1 fully saturated rings. The van der Waals surface area contributed by atoms with Crippen molar-refractivity contribution in [3.63, 3.8) is 0 Å². The maximum atomic E-state index is 11.8. The summed E-state index contributed by atoms with van der Waals surface area (Å²) in [5.41, 5.74) is 0. The number of carboxylic acids is 1. The normalized spacial score (nSPS) is 14.8. The van der Waals surface area contributed by atoms with E-state index >= 15 is 0 Å². The molecular formula is C11H13NO4. The second-order valence-corrected chi connectivity index (χ2v) is 4.10. The second-order valence-electron chi connectivity index (χ2n) is 4.10. The van der Waals surface area contributed by atoms with Crippen LogP contribution in [0.25, 0.3) is 0 Å². The number of rotatable bonds is 4. The van der Waals surface area contributed by atoms with Crippen molar-refractivity contribution in [3.8, 4) is 0 Å². The summed E-state index contributed by atoms with van der Waals surface area (Å²) in [4.78, 5) is 23.9. The van der Waals surface area contributed by atoms with Crippen molar-refractivity contribution in [1.29, 1.82) is 0 Å². The molecule has 1 amide bonds. The maximum Gasteiger partial charge on any atom is 0.371 e. The summed E-state index contributed by atoms with van der Waals surface area (Å²) in [6.45, 7) is 0.710. The van der Waals surface area contributed by atoms with Crippen molar-refractivity contribution in [2.24, 2.45) is 5.92 Å². The molecule has 16 heavy (non-hydrogen) atoms. The molecule has 86 valence electrons. The fourth-order valence-electron chi connectivity index (χ4n) is 1.53. The minimum Gasteiger partial charge on any atom is -0.475 e. The number of nitrogens with zero attached hydrogens (tertiary/aromatic N) is 1. The number of carbonyl (C=O) groups is 2. The number of hydrogen-bond acceptors (Lipinski definition) is 3. The van der Waals surface area contributed by atoms with Gasteiger partial charge in [0.25, 0.3) is 5.91 Å². The van der Waals surface area contributed by atoms with Crippen LogP contribution < -0.4 is 0 Å². The summed E-state index contributed by atoms with van der Waals surface area (Å²) in [5, 5.41) is 8.66. The summed E-state index contributed by atoms with van der Waals surface area (Å²) in [5.74, 6) is -0.949. The Hall–Kier alpha value is -1.78. The number of carbonyl (C=O) groups excluding carboxylic acids is 1. The fraction of sp³-hybridized carbons (Fsp3) is 0.455. The zero-order chi connectivity index (χ0) is 11.7. The van der Waals surface area contributed by atoms with E-state index < -0.39 is 5.97 Å². The molecule has 1 saturated carbocycles. The zero-order valence-electron chi connectivity index (χ0n) is 8.97. The van der Waals surface area contributed by atoms with Crippen LogP contribution in [0, 0.1) is 5.92 Å². The molecule has 0 atom stereocenters. The Balaban J connectivity index is 2.03. The van der Waals surface area contributed by atoms with Crippen LogP contribution in [-0.4, -0.2) is 35.5 Å². The molecule has 0 unspecified atom stereocenters. The first-order valence-corrected chi connectivity index (χ1v) is 5.16. The van der Waals surface area contributed by atoms with Crippen LogP contribution in [0.4, 0.5) is 0 Å². The molecule has 0 aromatic carbocycles. The maximum absolute atomic E-state index is 11.8. The minimum atomic E-state index is -1.16. The topological polar surface area (TPSA) is 70.8 Å². The van der Waals surface area contributed by atoms with Gasteiger partial charge in [-0.2, -0.15) is 0 Å². The molecular weight excluding hydrogens is 210 g/mol. The van der Waals surface area contributed by atoms with E-state index in [0.717, 1.165) is 12.8 Å². The SMILES string of the molecule is CN(CC1CC1)C(=O)c1ccc(C(=O)O)o1. The summed E-state index contributed by atoms with van der Waals surface area (Å²) >= 11 is 0. The second kappa shape index (κ2) is 4.00. The van der Waals surface area contributed by atoms with E-state index in [4.69, 9.17) is 9.52 Å². The predicted octanol–water partition coefficient (Wildman–Crippen LogP) is 1.46. The third-order valence-corrected chi connectivity index (χ3v) is 2.60. The van der Waals surface area contributed by atoms with Crippen LogP contribution in [0.5, 0.6) is 0 Å². The van der Waals surface area contributed by atoms with Gasteiger partial charge in [0.15, 0.2) is 5.76 Å². The lowest BCUT2D eigenvalue weighted by Crippen LogP contribution is -2.28. The van der Waals surface area contributed by atoms with E-state index in [1.807, 2.05) is 0 Å². The van der Waals surface area contributed by atoms with Gasteiger partial charge in [0.1, 0.15) is 0 Å². The van der Waals surface area contributed by atoms with Crippen molar-refractivity contribution >= 4 is 11.9 Å². The molecule has 1 aromatic heterocycles. The highest BCUT2D eigenvalue weighted by Gasteiger charge is 2.26. The number of aromatic carboxylic acids is 1. The molecule has 5 nitrogen and oxygen atoms in total. The van der Waals surface area contributed by atoms with Crippen molar-refractivity contribution in [2.75, 3.05) is 13.6 Å². The standard InChI is InChI=1S/C11H13NO4/c1-12(6-7-2-3-7)10(13)8-4-5-9(16-8)11(14)15/h4-5,7H,2-3,6H2,1H3,(H,14,15). The van der Waals surface area contributed by atoms with Crippen LogP contribution in [0.15, 0.2) is 16.5 Å². The van der Waals surface area contributed by atoms with Gasteiger partial charge in [-0.1, -0.05) is 0 Å². The predicted molar refractivity (Wildman–Crippen MR) is 55.4 cm³/mol. The number of hydrogen-bond donors (Lipinski definition) is 1. The molecule has 2 rings (SSSR count). The van der Waals surface area contributed by atoms with Crippen LogP contribution in [0.3, 0.4) is 0 Å². The Labute approximate surface area is 92.7 Å². The van der Waals surface area contributed by atoms with Gasteiger partial charge in [0.2, 0.25) is 5.76 Å². The first-order valence-electron chi connectivity index (χ1n) is 5.16. The number of carboxylic acid groups (broad SMARTS) is 1. The van der Waals surface area contributed by atoms with E-state index in [9.17, 15) is 9.59 Å². The highest BCUT2D eigenvalue weighted by atomic mass is 16.4. The minimum absolute atomic E-state index is 0.0838. The molecule has 0 bridgehead atoms. The monoisotopic (exact) mass is 223 g/mol. The highest BCUT2D eigenvalue weighted by molar-refractivity contribution is 5.93. The van der Waals surface area contributed by atoms with Gasteiger partial charge in [0, 0.05) is 13.6 Å². The van der Waals surface area contributed by atoms with Gasteiger partial charge in [-0.25, -0.2) is 4.79 Å². The molecule has 1 heterocycles. The third kappa shape index (κ3) is 2.24. The Bertz CT molecular complexity index is 419. The van der Waals surface area contributed by atoms with Crippen molar-refractivity contribution in [1.82, 2.24) is 4.90 Å². The molecule has 1 aromatic rings. The van der Waals surface area contributed by atoms with Crippen LogP contribution in [0.1, 0.15) is 34.0 Å². The van der Waals surface area contributed by atoms with Gasteiger partial charge in [-0.15, -0.1) is 0 Å². The lowest BCUT2D eigenvalue weighted by atomic mass is 10.3. The van der Waals surface area contributed by atoms with Gasteiger partial charge in [0.05, 0.1) is 0 Å². The van der Waals surface area contributed by atoms with Crippen LogP contribution >= 0.6 is 0 Å². The van der Waals surface area contributed by atoms with E-state index in [-0.39, 0.29) is 17.4 Å². The lowest BCUT2D eigenvalue weighted by Gasteiger charge is -2.14.